The van der Waals surface area contributed by atoms with Crippen LogP contribution in [0.4, 0.5) is 41.7 Å². The Labute approximate surface area is 339 Å². The lowest BCUT2D eigenvalue weighted by Crippen LogP contribution is -2.66. The van der Waals surface area contributed by atoms with Crippen molar-refractivity contribution in [1.29, 1.82) is 0 Å². The number of sulfonamides is 1. The highest BCUT2D eigenvalue weighted by atomic mass is 32.2. The van der Waals surface area contributed by atoms with Gasteiger partial charge < -0.3 is 15.0 Å². The summed E-state index contributed by atoms with van der Waals surface area (Å²) in [5, 5.41) is 11.6. The maximum Gasteiger partial charge on any atom is 0.435 e. The Hall–Kier alpha value is -5.35. The van der Waals surface area contributed by atoms with E-state index in [0.29, 0.717) is 68.9 Å². The average Bonchev–Trinajstić information content (AvgIpc) is 3.38. The van der Waals surface area contributed by atoms with Crippen LogP contribution >= 0.6 is 11.3 Å². The summed E-state index contributed by atoms with van der Waals surface area (Å²) in [6.45, 7) is 1.62. The molecule has 3 fully saturated rings. The number of rotatable bonds is 10. The van der Waals surface area contributed by atoms with Crippen molar-refractivity contribution in [2.45, 2.75) is 43.4 Å². The van der Waals surface area contributed by atoms with Crippen LogP contribution in [-0.2, 0) is 51.7 Å². The molecule has 60 heavy (non-hydrogen) atoms. The number of nitrogens with zero attached hydrogens (tertiary/aromatic N) is 7. The summed E-state index contributed by atoms with van der Waals surface area (Å²) >= 11 is 1.35. The maximum absolute atomic E-state index is 15.5. The summed E-state index contributed by atoms with van der Waals surface area (Å²) in [4.78, 5) is 25.9. The molecule has 0 bridgehead atoms. The molecule has 6 heterocycles. The van der Waals surface area contributed by atoms with Crippen molar-refractivity contribution in [2.24, 2.45) is 18.4 Å². The van der Waals surface area contributed by atoms with Crippen molar-refractivity contribution in [1.82, 2.24) is 34.8 Å². The Morgan fingerprint density at radius 1 is 1.05 bits per heavy atom. The predicted octanol–water partition coefficient (Wildman–Crippen LogP) is 6.26. The predicted molar refractivity (Wildman–Crippen MR) is 204 cm³/mol. The van der Waals surface area contributed by atoms with Gasteiger partial charge in [0.2, 0.25) is 15.9 Å². The summed E-state index contributed by atoms with van der Waals surface area (Å²) in [7, 11) is -2.18. The standard InChI is InChI=1S/C38H32F7N9O4S2/c1-52-30-20(4-3-5-21(30)33(50-52)51-60(2,56)57)22-11-26-34(48-35(59-26)53-13-36(14-53)15-58-16-36)47-29(22)25(8-17-6-18(39)9-19(40)7-17)46-27(55)12-54-32-28(31(49-54)38(43,44)45)23-10-24(23)37(32,41)42/h3-7,9,11,23-25H,8,10,12-16H2,1-2H3,(H,46,55)(H,50,51)/t23-,24+,25-/m0/s1. The highest BCUT2D eigenvalue weighted by Gasteiger charge is 2.68. The van der Waals surface area contributed by atoms with Gasteiger partial charge in [0.05, 0.1) is 46.8 Å². The third-order valence-corrected chi connectivity index (χ3v) is 13.1. The molecular formula is C38H32F7N9O4S2. The van der Waals surface area contributed by atoms with E-state index >= 15 is 8.78 Å². The Kier molecular flexibility index (Phi) is 8.46. The van der Waals surface area contributed by atoms with E-state index in [1.165, 1.54) is 16.0 Å². The molecule has 13 nitrogen and oxygen atoms in total. The van der Waals surface area contributed by atoms with Gasteiger partial charge in [-0.15, -0.1) is 0 Å². The minimum Gasteiger partial charge on any atom is -0.380 e. The van der Waals surface area contributed by atoms with E-state index in [9.17, 15) is 35.2 Å². The number of carbonyl (C=O) groups is 1. The number of hydrogen-bond acceptors (Lipinski definition) is 10. The molecule has 6 aromatic rings. The van der Waals surface area contributed by atoms with Crippen LogP contribution in [0.2, 0.25) is 0 Å². The summed E-state index contributed by atoms with van der Waals surface area (Å²) in [6.07, 6.45) is -4.55. The number of alkyl halides is 5. The van der Waals surface area contributed by atoms with Crippen LogP contribution in [-0.4, -0.2) is 76.4 Å². The van der Waals surface area contributed by atoms with Crippen molar-refractivity contribution in [3.63, 3.8) is 0 Å². The van der Waals surface area contributed by atoms with E-state index < -0.39 is 81.0 Å². The van der Waals surface area contributed by atoms with Crippen molar-refractivity contribution >= 4 is 59.5 Å². The van der Waals surface area contributed by atoms with Gasteiger partial charge in [0.15, 0.2) is 22.3 Å². The molecule has 0 unspecified atom stereocenters. The zero-order valence-electron chi connectivity index (χ0n) is 31.4. The van der Waals surface area contributed by atoms with Crippen LogP contribution in [0.1, 0.15) is 46.6 Å². The molecule has 4 aromatic heterocycles. The number of pyridine rings is 1. The topological polar surface area (TPSA) is 149 Å². The number of ether oxygens (including phenoxy) is 1. The SMILES string of the molecule is Cn1nc(NS(C)(=O)=O)c2cccc(-c3cc4sc(N5CC6(COC6)C5)nc4nc3[C@H](Cc3cc(F)cc(F)c3)NC(=O)Cn3nc(C(F)(F)F)c4c3C(F)(F)[C@@H]3C[C@H]43)c21. The van der Waals surface area contributed by atoms with Gasteiger partial charge in [-0.1, -0.05) is 23.5 Å². The van der Waals surface area contributed by atoms with Crippen LogP contribution in [0, 0.1) is 23.0 Å². The van der Waals surface area contributed by atoms with Gasteiger partial charge in [-0.3, -0.25) is 18.9 Å². The van der Waals surface area contributed by atoms with E-state index in [1.54, 1.807) is 31.3 Å². The second kappa shape index (κ2) is 13.1. The fourth-order valence-electron chi connectivity index (χ4n) is 8.91. The van der Waals surface area contributed by atoms with Gasteiger partial charge in [-0.05, 0) is 48.6 Å². The van der Waals surface area contributed by atoms with Crippen LogP contribution in [0.15, 0.2) is 42.5 Å². The third-order valence-electron chi connectivity index (χ3n) is 11.5. The normalized spacial score (nSPS) is 20.5. The van der Waals surface area contributed by atoms with Gasteiger partial charge in [0.1, 0.15) is 23.9 Å². The van der Waals surface area contributed by atoms with Crippen LogP contribution < -0.4 is 14.9 Å². The summed E-state index contributed by atoms with van der Waals surface area (Å²) in [5.41, 5.74) is -1.36. The van der Waals surface area contributed by atoms with E-state index in [0.717, 1.165) is 18.4 Å². The number of aromatic nitrogens is 6. The van der Waals surface area contributed by atoms with Crippen LogP contribution in [0.25, 0.3) is 32.4 Å². The smallest absolute Gasteiger partial charge is 0.380 e. The Balaban J connectivity index is 1.11. The largest absolute Gasteiger partial charge is 0.435 e. The first kappa shape index (κ1) is 38.8. The van der Waals surface area contributed by atoms with Gasteiger partial charge in [-0.2, -0.15) is 37.1 Å². The van der Waals surface area contributed by atoms with Gasteiger partial charge in [0, 0.05) is 54.2 Å². The second-order valence-corrected chi connectivity index (χ2v) is 18.8. The van der Waals surface area contributed by atoms with Gasteiger partial charge in [0.25, 0.3) is 5.92 Å². The molecule has 1 amide bonds. The summed E-state index contributed by atoms with van der Waals surface area (Å²) < 4.78 is 137. The van der Waals surface area contributed by atoms with E-state index in [-0.39, 0.29) is 41.0 Å². The quantitative estimate of drug-likeness (QED) is 0.152. The fourth-order valence-corrected chi connectivity index (χ4v) is 10.4. The first-order valence-electron chi connectivity index (χ1n) is 18.7. The molecule has 314 valence electrons. The van der Waals surface area contributed by atoms with Crippen molar-refractivity contribution < 1.29 is 48.7 Å². The van der Waals surface area contributed by atoms with Crippen molar-refractivity contribution in [3.05, 3.63) is 82.3 Å². The lowest BCUT2D eigenvalue weighted by molar-refractivity contribution is -0.142. The van der Waals surface area contributed by atoms with Crippen LogP contribution in [0.5, 0.6) is 0 Å². The highest BCUT2D eigenvalue weighted by Crippen LogP contribution is 2.68. The minimum atomic E-state index is -5.06. The molecule has 2 aromatic carbocycles. The number of amides is 1. The first-order chi connectivity index (χ1) is 28.3. The number of anilines is 2. The van der Waals surface area contributed by atoms with Crippen LogP contribution in [0.3, 0.4) is 0 Å². The molecule has 2 N–H and O–H groups in total. The molecule has 0 radical (unpaired) electrons. The molecular weight excluding hydrogens is 844 g/mol. The van der Waals surface area contributed by atoms with E-state index in [1.807, 2.05) is 0 Å². The van der Waals surface area contributed by atoms with E-state index in [4.69, 9.17) is 14.7 Å². The number of nitrogens with one attached hydrogen (secondary N) is 2. The highest BCUT2D eigenvalue weighted by molar-refractivity contribution is 7.92. The van der Waals surface area contributed by atoms with Gasteiger partial charge in [-0.25, -0.2) is 22.2 Å². The number of carbonyl (C=O) groups excluding carboxylic acids is 1. The molecule has 2 saturated heterocycles. The summed E-state index contributed by atoms with van der Waals surface area (Å²) in [6, 6.07) is 8.20. The Morgan fingerprint density at radius 3 is 2.45 bits per heavy atom. The number of thiazole rings is 1. The molecule has 4 aliphatic rings. The number of hydrogen-bond donors (Lipinski definition) is 2. The average molecular weight is 876 g/mol. The minimum absolute atomic E-state index is 0.0266. The van der Waals surface area contributed by atoms with Gasteiger partial charge >= 0.3 is 6.18 Å². The Morgan fingerprint density at radius 2 is 1.78 bits per heavy atom. The number of benzene rings is 2. The molecule has 2 aliphatic heterocycles. The molecule has 1 spiro atoms. The molecule has 22 heteroatoms. The van der Waals surface area contributed by atoms with Crippen molar-refractivity contribution in [3.8, 4) is 11.1 Å². The fraction of sp³-hybridized carbons (Fsp3) is 0.395. The number of para-hydroxylation sites is 1. The maximum atomic E-state index is 15.5. The molecule has 2 aliphatic carbocycles. The number of halogens is 7. The lowest BCUT2D eigenvalue weighted by atomic mass is 9.78. The zero-order valence-corrected chi connectivity index (χ0v) is 33.1. The molecule has 10 rings (SSSR count). The summed E-state index contributed by atoms with van der Waals surface area (Å²) in [5.74, 6) is -8.89. The zero-order chi connectivity index (χ0) is 42.3. The monoisotopic (exact) mass is 875 g/mol. The van der Waals surface area contributed by atoms with E-state index in [2.05, 4.69) is 25.1 Å². The molecule has 1 saturated carbocycles. The second-order valence-electron chi connectivity index (χ2n) is 16.1. The Bertz CT molecular complexity index is 2880. The number of aryl methyl sites for hydroxylation is 1. The van der Waals surface area contributed by atoms with Crippen molar-refractivity contribution in [2.75, 3.05) is 42.2 Å². The molecule has 3 atom stereocenters. The third kappa shape index (κ3) is 6.44. The number of fused-ring (bicyclic) bond motifs is 5. The lowest BCUT2D eigenvalue weighted by Gasteiger charge is -2.54. The first-order valence-corrected chi connectivity index (χ1v) is 21.4.